The first kappa shape index (κ1) is 22.0. The summed E-state index contributed by atoms with van der Waals surface area (Å²) in [5.74, 6) is 0.137. The number of thioether (sulfide) groups is 1. The third-order valence-corrected chi connectivity index (χ3v) is 7.55. The molecule has 1 amide bonds. The monoisotopic (exact) mass is 457 g/mol. The summed E-state index contributed by atoms with van der Waals surface area (Å²) in [7, 11) is 1.65. The molecule has 0 aliphatic heterocycles. The lowest BCUT2D eigenvalue weighted by Gasteiger charge is -2.14. The molecule has 1 aromatic carbocycles. The van der Waals surface area contributed by atoms with Gasteiger partial charge in [0.1, 0.15) is 4.83 Å². The largest absolute Gasteiger partial charge is 0.385 e. The summed E-state index contributed by atoms with van der Waals surface area (Å²) >= 11 is 2.94. The molecule has 0 saturated carbocycles. The number of carbonyl (C=O) groups excluding carboxylic acids is 1. The number of fused-ring (bicyclic) bond motifs is 3. The van der Waals surface area contributed by atoms with Crippen LogP contribution in [-0.2, 0) is 22.4 Å². The Morgan fingerprint density at radius 3 is 2.81 bits per heavy atom. The van der Waals surface area contributed by atoms with Gasteiger partial charge in [0.25, 0.3) is 5.56 Å². The molecule has 1 aliphatic carbocycles. The predicted molar refractivity (Wildman–Crippen MR) is 127 cm³/mol. The number of benzene rings is 1. The fraction of sp³-hybridized carbons (Fsp3) is 0.435. The van der Waals surface area contributed by atoms with Crippen LogP contribution in [0.5, 0.6) is 0 Å². The summed E-state index contributed by atoms with van der Waals surface area (Å²) in [5, 5.41) is 4.21. The average Bonchev–Trinajstić information content (AvgIpc) is 3.15. The number of nitrogens with one attached hydrogen (secondary N) is 1. The summed E-state index contributed by atoms with van der Waals surface area (Å²) in [5.41, 5.74) is 3.06. The summed E-state index contributed by atoms with van der Waals surface area (Å²) < 4.78 is 6.68. The Balaban J connectivity index is 1.69. The van der Waals surface area contributed by atoms with Crippen LogP contribution in [0.4, 0.5) is 0 Å². The zero-order chi connectivity index (χ0) is 21.8. The molecule has 31 heavy (non-hydrogen) atoms. The minimum Gasteiger partial charge on any atom is -0.385 e. The molecule has 164 valence electrons. The smallest absolute Gasteiger partial charge is 0.267 e. The lowest BCUT2D eigenvalue weighted by atomic mass is 9.97. The van der Waals surface area contributed by atoms with Crippen LogP contribution in [0.15, 0.2) is 34.2 Å². The first-order valence-electron chi connectivity index (χ1n) is 10.6. The number of methoxy groups -OCH3 is 1. The predicted octanol–water partition coefficient (Wildman–Crippen LogP) is 3.88. The summed E-state index contributed by atoms with van der Waals surface area (Å²) in [6, 6.07) is 7.87. The number of rotatable bonds is 8. The van der Waals surface area contributed by atoms with E-state index in [-0.39, 0.29) is 17.2 Å². The van der Waals surface area contributed by atoms with E-state index in [1.807, 2.05) is 31.2 Å². The highest BCUT2D eigenvalue weighted by molar-refractivity contribution is 7.99. The quantitative estimate of drug-likeness (QED) is 0.316. The topological polar surface area (TPSA) is 73.2 Å². The molecular weight excluding hydrogens is 430 g/mol. The van der Waals surface area contributed by atoms with E-state index >= 15 is 0 Å². The van der Waals surface area contributed by atoms with E-state index in [2.05, 4.69) is 5.32 Å². The zero-order valence-electron chi connectivity index (χ0n) is 17.9. The number of aromatic nitrogens is 2. The Morgan fingerprint density at radius 2 is 2.03 bits per heavy atom. The molecular formula is C23H27N3O3S2. The van der Waals surface area contributed by atoms with E-state index < -0.39 is 0 Å². The molecule has 2 heterocycles. The van der Waals surface area contributed by atoms with E-state index in [4.69, 9.17) is 9.72 Å². The van der Waals surface area contributed by atoms with Gasteiger partial charge >= 0.3 is 0 Å². The molecule has 0 bridgehead atoms. The third-order valence-electron chi connectivity index (χ3n) is 5.43. The number of hydrogen-bond acceptors (Lipinski definition) is 6. The standard InChI is InChI=1S/C23H27N3O3S2/c1-15-8-10-16(11-9-15)26-22(28)20-17-6-3-4-7-18(17)31-21(20)25-23(26)30-14-19(27)24-12-5-13-29-2/h8-11H,3-7,12-14H2,1-2H3,(H,24,27). The fourth-order valence-corrected chi connectivity index (χ4v) is 5.98. The Labute approximate surface area is 190 Å². The number of carbonyl (C=O) groups is 1. The number of nitrogens with zero attached hydrogens (tertiary/aromatic N) is 2. The lowest BCUT2D eigenvalue weighted by Crippen LogP contribution is -2.28. The van der Waals surface area contributed by atoms with Crippen molar-refractivity contribution in [3.8, 4) is 5.69 Å². The van der Waals surface area contributed by atoms with Gasteiger partial charge in [-0.2, -0.15) is 0 Å². The number of aryl methyl sites for hydroxylation is 3. The normalized spacial score (nSPS) is 13.4. The van der Waals surface area contributed by atoms with Crippen LogP contribution in [0.3, 0.4) is 0 Å². The second-order valence-corrected chi connectivity index (χ2v) is 9.77. The number of ether oxygens (including phenoxy) is 1. The van der Waals surface area contributed by atoms with E-state index in [1.165, 1.54) is 22.2 Å². The first-order chi connectivity index (χ1) is 15.1. The van der Waals surface area contributed by atoms with E-state index in [0.717, 1.165) is 53.6 Å². The van der Waals surface area contributed by atoms with Crippen molar-refractivity contribution in [2.75, 3.05) is 26.0 Å². The minimum atomic E-state index is -0.0728. The van der Waals surface area contributed by atoms with Crippen molar-refractivity contribution in [1.29, 1.82) is 0 Å². The van der Waals surface area contributed by atoms with Gasteiger partial charge in [0.05, 0.1) is 16.8 Å². The summed E-state index contributed by atoms with van der Waals surface area (Å²) in [6.45, 7) is 3.20. The van der Waals surface area contributed by atoms with Crippen molar-refractivity contribution in [2.24, 2.45) is 0 Å². The van der Waals surface area contributed by atoms with Crippen LogP contribution < -0.4 is 10.9 Å². The Hall–Kier alpha value is -2.16. The molecule has 0 radical (unpaired) electrons. The van der Waals surface area contributed by atoms with Gasteiger partial charge < -0.3 is 10.1 Å². The molecule has 6 nitrogen and oxygen atoms in total. The van der Waals surface area contributed by atoms with Crippen molar-refractivity contribution in [1.82, 2.24) is 14.9 Å². The average molecular weight is 458 g/mol. The van der Waals surface area contributed by atoms with Crippen LogP contribution in [-0.4, -0.2) is 41.5 Å². The molecule has 0 spiro atoms. The highest BCUT2D eigenvalue weighted by Crippen LogP contribution is 2.35. The second-order valence-electron chi connectivity index (χ2n) is 7.75. The SMILES string of the molecule is COCCCNC(=O)CSc1nc2sc3c(c2c(=O)n1-c1ccc(C)cc1)CCCC3. The highest BCUT2D eigenvalue weighted by Gasteiger charge is 2.23. The fourth-order valence-electron chi connectivity index (χ4n) is 3.83. The molecule has 0 unspecified atom stereocenters. The van der Waals surface area contributed by atoms with Crippen LogP contribution in [0.25, 0.3) is 15.9 Å². The third kappa shape index (κ3) is 4.86. The molecule has 8 heteroatoms. The molecule has 1 N–H and O–H groups in total. The van der Waals surface area contributed by atoms with Gasteiger partial charge in [-0.3, -0.25) is 14.2 Å². The van der Waals surface area contributed by atoms with Crippen molar-refractivity contribution < 1.29 is 9.53 Å². The molecule has 1 aliphatic rings. The molecule has 4 rings (SSSR count). The van der Waals surface area contributed by atoms with Crippen LogP contribution >= 0.6 is 23.1 Å². The number of amides is 1. The molecule has 2 aromatic heterocycles. The van der Waals surface area contributed by atoms with Gasteiger partial charge in [0, 0.05) is 25.1 Å². The highest BCUT2D eigenvalue weighted by atomic mass is 32.2. The Morgan fingerprint density at radius 1 is 1.26 bits per heavy atom. The summed E-state index contributed by atoms with van der Waals surface area (Å²) in [4.78, 5) is 32.9. The van der Waals surface area contributed by atoms with E-state index in [0.29, 0.717) is 18.3 Å². The maximum atomic E-state index is 13.7. The zero-order valence-corrected chi connectivity index (χ0v) is 19.5. The molecule has 0 fully saturated rings. The molecule has 0 saturated heterocycles. The second kappa shape index (κ2) is 9.97. The first-order valence-corrected chi connectivity index (χ1v) is 12.4. The number of hydrogen-bond donors (Lipinski definition) is 1. The van der Waals surface area contributed by atoms with Gasteiger partial charge in [-0.1, -0.05) is 29.5 Å². The summed E-state index contributed by atoms with van der Waals surface area (Å²) in [6.07, 6.45) is 5.01. The van der Waals surface area contributed by atoms with E-state index in [9.17, 15) is 9.59 Å². The van der Waals surface area contributed by atoms with Crippen molar-refractivity contribution in [3.05, 3.63) is 50.6 Å². The van der Waals surface area contributed by atoms with Gasteiger partial charge in [-0.15, -0.1) is 11.3 Å². The van der Waals surface area contributed by atoms with Crippen LogP contribution in [0.2, 0.25) is 0 Å². The van der Waals surface area contributed by atoms with E-state index in [1.54, 1.807) is 23.0 Å². The number of thiophene rings is 1. The molecule has 0 atom stereocenters. The maximum Gasteiger partial charge on any atom is 0.267 e. The van der Waals surface area contributed by atoms with Gasteiger partial charge in [0.15, 0.2) is 5.16 Å². The van der Waals surface area contributed by atoms with Crippen LogP contribution in [0, 0.1) is 6.92 Å². The van der Waals surface area contributed by atoms with Gasteiger partial charge in [-0.25, -0.2) is 4.98 Å². The lowest BCUT2D eigenvalue weighted by molar-refractivity contribution is -0.118. The maximum absolute atomic E-state index is 13.7. The van der Waals surface area contributed by atoms with Gasteiger partial charge in [-0.05, 0) is 56.7 Å². The van der Waals surface area contributed by atoms with Crippen molar-refractivity contribution in [2.45, 2.75) is 44.2 Å². The van der Waals surface area contributed by atoms with Crippen LogP contribution in [0.1, 0.15) is 35.3 Å². The van der Waals surface area contributed by atoms with Gasteiger partial charge in [0.2, 0.25) is 5.91 Å². The van der Waals surface area contributed by atoms with Crippen molar-refractivity contribution >= 4 is 39.2 Å². The van der Waals surface area contributed by atoms with Crippen molar-refractivity contribution in [3.63, 3.8) is 0 Å². The minimum absolute atomic E-state index is 0.0312. The Kier molecular flexibility index (Phi) is 7.09. The molecule has 3 aromatic rings. The Bertz CT molecular complexity index is 1140.